The number of carbonyl (C=O) groups is 1. The first kappa shape index (κ1) is 21.2. The summed E-state index contributed by atoms with van der Waals surface area (Å²) in [6.07, 6.45) is 1.88. The summed E-state index contributed by atoms with van der Waals surface area (Å²) < 4.78 is 12.7. The fourth-order valence-electron chi connectivity index (χ4n) is 3.49. The van der Waals surface area contributed by atoms with Gasteiger partial charge in [0, 0.05) is 22.6 Å². The van der Waals surface area contributed by atoms with Crippen LogP contribution < -0.4 is 14.9 Å². The molecule has 2 aromatic carbocycles. The minimum atomic E-state index is -0.203. The topological polar surface area (TPSA) is 64.8 Å². The van der Waals surface area contributed by atoms with Crippen LogP contribution >= 0.6 is 0 Å². The van der Waals surface area contributed by atoms with Crippen LogP contribution in [0.1, 0.15) is 28.1 Å². The van der Waals surface area contributed by atoms with Gasteiger partial charge in [0.2, 0.25) is 5.91 Å². The molecule has 0 bridgehead atoms. The number of nitrogens with zero attached hydrogens (tertiary/aromatic N) is 2. The van der Waals surface area contributed by atoms with Crippen LogP contribution in [0, 0.1) is 20.8 Å². The number of benzene rings is 2. The lowest BCUT2D eigenvalue weighted by Crippen LogP contribution is -2.19. The molecule has 0 aliphatic rings. The van der Waals surface area contributed by atoms with Gasteiger partial charge in [0.25, 0.3) is 0 Å². The number of amides is 1. The molecule has 3 aromatic rings. The van der Waals surface area contributed by atoms with Crippen LogP contribution in [0.25, 0.3) is 5.69 Å². The second-order valence-electron chi connectivity index (χ2n) is 7.11. The quantitative estimate of drug-likeness (QED) is 0.475. The van der Waals surface area contributed by atoms with Crippen LogP contribution in [0.4, 0.5) is 0 Å². The van der Waals surface area contributed by atoms with E-state index in [1.165, 1.54) is 5.56 Å². The summed E-state index contributed by atoms with van der Waals surface area (Å²) in [5.74, 6) is 1.02. The number of aryl methyl sites for hydroxylation is 2. The van der Waals surface area contributed by atoms with E-state index >= 15 is 0 Å². The van der Waals surface area contributed by atoms with E-state index in [1.54, 1.807) is 32.6 Å². The van der Waals surface area contributed by atoms with Crippen molar-refractivity contribution in [3.8, 4) is 17.2 Å². The second-order valence-corrected chi connectivity index (χ2v) is 7.11. The predicted molar refractivity (Wildman–Crippen MR) is 119 cm³/mol. The maximum absolute atomic E-state index is 12.3. The Hall–Kier alpha value is -3.54. The van der Waals surface area contributed by atoms with Crippen LogP contribution in [0.15, 0.2) is 53.6 Å². The van der Waals surface area contributed by atoms with E-state index in [2.05, 4.69) is 47.1 Å². The van der Waals surface area contributed by atoms with E-state index in [4.69, 9.17) is 9.47 Å². The normalized spacial score (nSPS) is 11.0. The molecule has 0 saturated carbocycles. The summed E-state index contributed by atoms with van der Waals surface area (Å²) in [6, 6.07) is 15.7. The molecule has 0 atom stereocenters. The lowest BCUT2D eigenvalue weighted by molar-refractivity contribution is -0.120. The predicted octanol–water partition coefficient (Wildman–Crippen LogP) is 4.11. The number of aromatic nitrogens is 1. The van der Waals surface area contributed by atoms with Crippen molar-refractivity contribution in [3.05, 3.63) is 76.6 Å². The highest BCUT2D eigenvalue weighted by molar-refractivity contribution is 5.85. The van der Waals surface area contributed by atoms with Crippen molar-refractivity contribution >= 4 is 12.1 Å². The highest BCUT2D eigenvalue weighted by Gasteiger charge is 2.11. The zero-order chi connectivity index (χ0) is 21.7. The Labute approximate surface area is 177 Å². The average molecular weight is 405 g/mol. The minimum Gasteiger partial charge on any atom is -0.493 e. The van der Waals surface area contributed by atoms with Gasteiger partial charge in [-0.05, 0) is 56.2 Å². The fourth-order valence-corrected chi connectivity index (χ4v) is 3.49. The third-order valence-electron chi connectivity index (χ3n) is 5.03. The van der Waals surface area contributed by atoms with Gasteiger partial charge in [-0.15, -0.1) is 0 Å². The number of hydrazone groups is 1. The number of para-hydroxylation sites is 1. The standard InChI is InChI=1S/C24H27N3O3/c1-16-8-6-7-9-21(16)27-17(2)12-20(18(27)3)15-25-26-24(28)14-19-10-11-22(29-4)23(13-19)30-5/h6-13,15H,14H2,1-5H3,(H,26,28)/b25-15-. The summed E-state index contributed by atoms with van der Waals surface area (Å²) >= 11 is 0. The summed E-state index contributed by atoms with van der Waals surface area (Å²) in [4.78, 5) is 12.3. The summed E-state index contributed by atoms with van der Waals surface area (Å²) in [6.45, 7) is 6.20. The van der Waals surface area contributed by atoms with Crippen molar-refractivity contribution in [2.75, 3.05) is 14.2 Å². The smallest absolute Gasteiger partial charge is 0.244 e. The van der Waals surface area contributed by atoms with E-state index in [9.17, 15) is 4.79 Å². The van der Waals surface area contributed by atoms with E-state index in [0.717, 1.165) is 28.2 Å². The number of hydrogen-bond acceptors (Lipinski definition) is 4. The average Bonchev–Trinajstić information content (AvgIpc) is 3.01. The number of ether oxygens (including phenoxy) is 2. The first-order chi connectivity index (χ1) is 14.4. The molecule has 3 rings (SSSR count). The summed E-state index contributed by atoms with van der Waals surface area (Å²) in [7, 11) is 3.15. The molecule has 1 heterocycles. The molecule has 0 radical (unpaired) electrons. The minimum absolute atomic E-state index is 0.194. The van der Waals surface area contributed by atoms with Gasteiger partial charge in [0.1, 0.15) is 0 Å². The van der Waals surface area contributed by atoms with E-state index in [-0.39, 0.29) is 12.3 Å². The molecule has 6 heteroatoms. The molecule has 0 unspecified atom stereocenters. The third kappa shape index (κ3) is 4.54. The summed E-state index contributed by atoms with van der Waals surface area (Å²) in [5.41, 5.74) is 8.90. The Morgan fingerprint density at radius 3 is 2.47 bits per heavy atom. The van der Waals surface area contributed by atoms with Crippen molar-refractivity contribution < 1.29 is 14.3 Å². The van der Waals surface area contributed by atoms with Gasteiger partial charge in [-0.1, -0.05) is 24.3 Å². The monoisotopic (exact) mass is 405 g/mol. The molecule has 0 aliphatic heterocycles. The van der Waals surface area contributed by atoms with Crippen molar-refractivity contribution in [1.29, 1.82) is 0 Å². The van der Waals surface area contributed by atoms with Crippen molar-refractivity contribution in [2.45, 2.75) is 27.2 Å². The Balaban J connectivity index is 1.69. The molecule has 156 valence electrons. The van der Waals surface area contributed by atoms with Crippen LogP contribution in [0.3, 0.4) is 0 Å². The Morgan fingerprint density at radius 2 is 1.77 bits per heavy atom. The lowest BCUT2D eigenvalue weighted by atomic mass is 10.1. The zero-order valence-electron chi connectivity index (χ0n) is 18.0. The SMILES string of the molecule is COc1ccc(CC(=O)N/N=C\c2cc(C)n(-c3ccccc3C)c2C)cc1OC. The van der Waals surface area contributed by atoms with Gasteiger partial charge in [0.15, 0.2) is 11.5 Å². The molecule has 1 amide bonds. The molecule has 30 heavy (non-hydrogen) atoms. The molecule has 0 aliphatic carbocycles. The molecule has 0 fully saturated rings. The van der Waals surface area contributed by atoms with E-state index in [0.29, 0.717) is 11.5 Å². The first-order valence-corrected chi connectivity index (χ1v) is 9.72. The van der Waals surface area contributed by atoms with Gasteiger partial charge in [0.05, 0.1) is 26.9 Å². The van der Waals surface area contributed by atoms with Crippen molar-refractivity contribution in [2.24, 2.45) is 5.10 Å². The number of carbonyl (C=O) groups excluding carboxylic acids is 1. The molecular formula is C24H27N3O3. The number of nitrogens with one attached hydrogen (secondary N) is 1. The summed E-state index contributed by atoms with van der Waals surface area (Å²) in [5, 5.41) is 4.15. The third-order valence-corrected chi connectivity index (χ3v) is 5.03. The zero-order valence-corrected chi connectivity index (χ0v) is 18.0. The van der Waals surface area contributed by atoms with Crippen LogP contribution in [-0.4, -0.2) is 30.9 Å². The number of methoxy groups -OCH3 is 2. The van der Waals surface area contributed by atoms with Gasteiger partial charge in [-0.2, -0.15) is 5.10 Å². The Morgan fingerprint density at radius 1 is 1.03 bits per heavy atom. The van der Waals surface area contributed by atoms with E-state index in [1.807, 2.05) is 25.1 Å². The highest BCUT2D eigenvalue weighted by Crippen LogP contribution is 2.27. The number of hydrogen-bond donors (Lipinski definition) is 1. The van der Waals surface area contributed by atoms with Crippen LogP contribution in [0.5, 0.6) is 11.5 Å². The first-order valence-electron chi connectivity index (χ1n) is 9.72. The maximum Gasteiger partial charge on any atom is 0.244 e. The molecule has 0 saturated heterocycles. The van der Waals surface area contributed by atoms with Crippen molar-refractivity contribution in [1.82, 2.24) is 9.99 Å². The maximum atomic E-state index is 12.3. The molecular weight excluding hydrogens is 378 g/mol. The Kier molecular flexibility index (Phi) is 6.57. The van der Waals surface area contributed by atoms with Crippen molar-refractivity contribution in [3.63, 3.8) is 0 Å². The Bertz CT molecular complexity index is 1080. The molecule has 6 nitrogen and oxygen atoms in total. The van der Waals surface area contributed by atoms with Gasteiger partial charge in [-0.3, -0.25) is 4.79 Å². The fraction of sp³-hybridized carbons (Fsp3) is 0.250. The van der Waals surface area contributed by atoms with E-state index < -0.39 is 0 Å². The molecule has 0 spiro atoms. The van der Waals surface area contributed by atoms with Crippen LogP contribution in [-0.2, 0) is 11.2 Å². The lowest BCUT2D eigenvalue weighted by Gasteiger charge is -2.12. The van der Waals surface area contributed by atoms with Crippen LogP contribution in [0.2, 0.25) is 0 Å². The molecule has 1 N–H and O–H groups in total. The number of rotatable bonds is 7. The highest BCUT2D eigenvalue weighted by atomic mass is 16.5. The second kappa shape index (κ2) is 9.31. The molecule has 1 aromatic heterocycles. The van der Waals surface area contributed by atoms with Gasteiger partial charge < -0.3 is 14.0 Å². The van der Waals surface area contributed by atoms with Gasteiger partial charge >= 0.3 is 0 Å². The largest absolute Gasteiger partial charge is 0.493 e. The van der Waals surface area contributed by atoms with Gasteiger partial charge in [-0.25, -0.2) is 5.43 Å².